The van der Waals surface area contributed by atoms with Gasteiger partial charge in [-0.05, 0) is 29.6 Å². The van der Waals surface area contributed by atoms with Crippen LogP contribution >= 0.6 is 0 Å². The van der Waals surface area contributed by atoms with Crippen LogP contribution in [0, 0.1) is 71.7 Å². The van der Waals surface area contributed by atoms with Crippen molar-refractivity contribution in [2.45, 2.75) is 47.0 Å². The van der Waals surface area contributed by atoms with Gasteiger partial charge in [-0.1, -0.05) is 72.8 Å². The van der Waals surface area contributed by atoms with Crippen LogP contribution in [-0.4, -0.2) is 3.21 Å². The molecular formula is C35H44Cl2Zr-2. The molecule has 0 aromatic rings. The molecule has 0 aliphatic heterocycles. The molecule has 6 aliphatic carbocycles. The minimum atomic E-state index is 0. The van der Waals surface area contributed by atoms with Gasteiger partial charge in [0, 0.05) is 0 Å². The molecule has 0 aromatic carbocycles. The van der Waals surface area contributed by atoms with E-state index in [1.807, 2.05) is 12.2 Å². The Hall–Kier alpha value is -0.747. The Morgan fingerprint density at radius 2 is 1.21 bits per heavy atom. The van der Waals surface area contributed by atoms with E-state index in [4.69, 9.17) is 0 Å². The first kappa shape index (κ1) is 33.5. The van der Waals surface area contributed by atoms with Crippen molar-refractivity contribution in [2.24, 2.45) is 59.2 Å². The summed E-state index contributed by atoms with van der Waals surface area (Å²) >= 11 is 1.65. The molecule has 38 heavy (non-hydrogen) atoms. The van der Waals surface area contributed by atoms with Gasteiger partial charge in [-0.2, -0.15) is 12.0 Å². The average Bonchev–Trinajstić information content (AvgIpc) is 3.56. The number of allylic oxidation sites excluding steroid dienone is 16. The van der Waals surface area contributed by atoms with Gasteiger partial charge in [-0.3, -0.25) is 6.08 Å². The smallest absolute Gasteiger partial charge is 0.109 e. The summed E-state index contributed by atoms with van der Waals surface area (Å²) in [6, 6.07) is 0. The van der Waals surface area contributed by atoms with Gasteiger partial charge in [-0.25, -0.2) is 12.2 Å². The Bertz CT molecular complexity index is 967. The molecule has 6 rings (SSSR count). The van der Waals surface area contributed by atoms with Crippen molar-refractivity contribution in [3.8, 4) is 0 Å². The predicted octanol–water partition coefficient (Wildman–Crippen LogP) is 2.64. The summed E-state index contributed by atoms with van der Waals surface area (Å²) in [5.41, 5.74) is 0. The SMILES string of the molecule is C1=CC2[CH-]C3C4C=CC=CC4C4C=CC=CC4C3C2C=C1.CC(C)C[C](=[Zr+2])CC(C)C.[C-]1=CC=CC1.[Cl-].[Cl-]. The molecule has 3 heteroatoms. The van der Waals surface area contributed by atoms with Crippen LogP contribution in [0.3, 0.4) is 0 Å². The van der Waals surface area contributed by atoms with E-state index in [0.29, 0.717) is 35.5 Å². The van der Waals surface area contributed by atoms with Gasteiger partial charge in [0.25, 0.3) is 0 Å². The van der Waals surface area contributed by atoms with E-state index in [0.717, 1.165) is 30.1 Å². The average molecular weight is 627 g/mol. The Labute approximate surface area is 260 Å². The van der Waals surface area contributed by atoms with E-state index in [2.05, 4.69) is 119 Å². The Morgan fingerprint density at radius 3 is 1.71 bits per heavy atom. The second-order valence-electron chi connectivity index (χ2n) is 11.9. The van der Waals surface area contributed by atoms with E-state index in [1.54, 1.807) is 27.4 Å². The Morgan fingerprint density at radius 1 is 0.711 bits per heavy atom. The van der Waals surface area contributed by atoms with Crippen LogP contribution in [-0.2, 0) is 24.2 Å². The predicted molar refractivity (Wildman–Crippen MR) is 153 cm³/mol. The summed E-state index contributed by atoms with van der Waals surface area (Å²) in [6.07, 6.45) is 43.7. The maximum atomic E-state index is 2.99. The van der Waals surface area contributed by atoms with Gasteiger partial charge in [0.2, 0.25) is 0 Å². The molecule has 0 nitrogen and oxygen atoms in total. The normalized spacial score (nSPS) is 33.7. The molecule has 0 bridgehead atoms. The largest absolute Gasteiger partial charge is 1.00 e. The van der Waals surface area contributed by atoms with Crippen LogP contribution < -0.4 is 24.8 Å². The Balaban J connectivity index is 0.000000253. The molecule has 0 radical (unpaired) electrons. The van der Waals surface area contributed by atoms with Crippen LogP contribution in [0.2, 0.25) is 0 Å². The Kier molecular flexibility index (Phi) is 14.5. The number of fused-ring (bicyclic) bond motifs is 8. The molecule has 0 spiro atoms. The molecule has 2 saturated carbocycles. The third-order valence-electron chi connectivity index (χ3n) is 8.23. The van der Waals surface area contributed by atoms with Gasteiger partial charge in [0.1, 0.15) is 0 Å². The first-order valence-corrected chi connectivity index (χ1v) is 15.4. The van der Waals surface area contributed by atoms with Crippen LogP contribution in [0.1, 0.15) is 47.0 Å². The second kappa shape index (κ2) is 16.5. The number of halogens is 2. The van der Waals surface area contributed by atoms with Crippen molar-refractivity contribution in [1.29, 1.82) is 0 Å². The molecule has 2 fully saturated rings. The van der Waals surface area contributed by atoms with E-state index in [9.17, 15) is 0 Å². The maximum Gasteiger partial charge on any atom is -0.109 e. The van der Waals surface area contributed by atoms with E-state index in [-0.39, 0.29) is 24.8 Å². The first-order chi connectivity index (χ1) is 17.5. The van der Waals surface area contributed by atoms with Gasteiger partial charge in [0.15, 0.2) is 0 Å². The van der Waals surface area contributed by atoms with Crippen molar-refractivity contribution < 1.29 is 49.0 Å². The molecular weight excluding hydrogens is 583 g/mol. The molecule has 8 unspecified atom stereocenters. The third kappa shape index (κ3) is 8.62. The molecule has 0 N–H and O–H groups in total. The van der Waals surface area contributed by atoms with Crippen molar-refractivity contribution in [2.75, 3.05) is 0 Å². The zero-order chi connectivity index (χ0) is 25.5. The van der Waals surface area contributed by atoms with Gasteiger partial charge >= 0.3 is 79.8 Å². The van der Waals surface area contributed by atoms with E-state index < -0.39 is 0 Å². The maximum absolute atomic E-state index is 2.99. The zero-order valence-corrected chi connectivity index (χ0v) is 27.4. The standard InChI is InChI=1S/C21H21.C9H18.C5H5.2ClH.Zr/c1-2-8-15-14(7-1)13-20-18-11-4-3-9-16(18)17-10-5-6-12-19(17)21(15)20;1-8(2)6-5-7-9(3)4;1-2-4-5-3-1;;;/h1-21H;8-9H,6-7H2,1-4H3;1-3H,4H2;2*1H;/q-1;;-1;;;+2/p-2. The van der Waals surface area contributed by atoms with Gasteiger partial charge < -0.3 is 31.2 Å². The number of hydrogen-bond acceptors (Lipinski definition) is 0. The molecule has 8 atom stereocenters. The van der Waals surface area contributed by atoms with E-state index >= 15 is 0 Å². The van der Waals surface area contributed by atoms with Crippen LogP contribution in [0.25, 0.3) is 0 Å². The summed E-state index contributed by atoms with van der Waals surface area (Å²) < 4.78 is 1.75. The molecule has 0 heterocycles. The molecule has 0 aromatic heterocycles. The third-order valence-corrected chi connectivity index (χ3v) is 9.23. The summed E-state index contributed by atoms with van der Waals surface area (Å²) in [7, 11) is 0. The monoisotopic (exact) mass is 624 g/mol. The van der Waals surface area contributed by atoms with Crippen LogP contribution in [0.4, 0.5) is 0 Å². The fourth-order valence-electron chi connectivity index (χ4n) is 6.99. The summed E-state index contributed by atoms with van der Waals surface area (Å²) in [4.78, 5) is 0. The fraction of sp³-hybridized carbons (Fsp3) is 0.486. The summed E-state index contributed by atoms with van der Waals surface area (Å²) in [6.45, 7) is 9.18. The second-order valence-corrected chi connectivity index (χ2v) is 13.7. The first-order valence-electron chi connectivity index (χ1n) is 14.1. The molecule has 0 saturated heterocycles. The number of hydrogen-bond donors (Lipinski definition) is 0. The molecule has 204 valence electrons. The van der Waals surface area contributed by atoms with Crippen molar-refractivity contribution in [3.05, 3.63) is 104 Å². The van der Waals surface area contributed by atoms with Crippen molar-refractivity contribution in [3.63, 3.8) is 0 Å². The minimum absolute atomic E-state index is 0. The minimum Gasteiger partial charge on any atom is -1.00 e. The van der Waals surface area contributed by atoms with Crippen LogP contribution in [0.15, 0.2) is 91.1 Å². The molecule has 0 amide bonds. The number of rotatable bonds is 4. The summed E-state index contributed by atoms with van der Waals surface area (Å²) in [5, 5.41) is 0. The van der Waals surface area contributed by atoms with Crippen molar-refractivity contribution in [1.82, 2.24) is 0 Å². The molecule has 6 aliphatic rings. The zero-order valence-electron chi connectivity index (χ0n) is 23.4. The summed E-state index contributed by atoms with van der Waals surface area (Å²) in [5.74, 6) is 7.37. The van der Waals surface area contributed by atoms with Gasteiger partial charge in [-0.15, -0.1) is 18.4 Å². The quantitative estimate of drug-likeness (QED) is 0.422. The van der Waals surface area contributed by atoms with E-state index in [1.165, 1.54) is 12.8 Å². The van der Waals surface area contributed by atoms with Crippen molar-refractivity contribution >= 4 is 3.21 Å². The van der Waals surface area contributed by atoms with Gasteiger partial charge in [0.05, 0.1) is 0 Å². The fourth-order valence-corrected chi connectivity index (χ4v) is 9.00. The van der Waals surface area contributed by atoms with Crippen LogP contribution in [0.5, 0.6) is 0 Å². The topological polar surface area (TPSA) is 0 Å².